The number of halogens is 2. The third-order valence-corrected chi connectivity index (χ3v) is 4.15. The largest absolute Gasteiger partial charge is 0.435 e. The third-order valence-electron chi connectivity index (χ3n) is 4.15. The molecule has 0 heterocycles. The summed E-state index contributed by atoms with van der Waals surface area (Å²) in [4.78, 5) is 11.9. The smallest absolute Gasteiger partial charge is 0.387 e. The van der Waals surface area contributed by atoms with E-state index in [0.29, 0.717) is 11.5 Å². The van der Waals surface area contributed by atoms with Crippen molar-refractivity contribution in [3.05, 3.63) is 29.8 Å². The molecule has 0 spiro atoms. The van der Waals surface area contributed by atoms with Crippen LogP contribution in [0.2, 0.25) is 0 Å². The van der Waals surface area contributed by atoms with Crippen molar-refractivity contribution in [1.82, 2.24) is 5.43 Å². The van der Waals surface area contributed by atoms with Gasteiger partial charge in [-0.25, -0.2) is 5.43 Å². The SMILES string of the molecule is O=C(N/N=C1/CC2CCC1C2)c1ccc(OC(F)F)cc1. The van der Waals surface area contributed by atoms with Crippen LogP contribution < -0.4 is 10.2 Å². The fourth-order valence-corrected chi connectivity index (χ4v) is 3.14. The Morgan fingerprint density at radius 3 is 2.62 bits per heavy atom. The van der Waals surface area contributed by atoms with Crippen LogP contribution in [0.5, 0.6) is 5.75 Å². The van der Waals surface area contributed by atoms with Crippen LogP contribution in [0.1, 0.15) is 36.0 Å². The molecule has 0 aromatic heterocycles. The van der Waals surface area contributed by atoms with Crippen LogP contribution >= 0.6 is 0 Å². The summed E-state index contributed by atoms with van der Waals surface area (Å²) < 4.78 is 28.3. The summed E-state index contributed by atoms with van der Waals surface area (Å²) in [6.45, 7) is -2.87. The molecule has 2 fully saturated rings. The second-order valence-corrected chi connectivity index (χ2v) is 5.53. The molecule has 0 saturated heterocycles. The number of hydrogen-bond acceptors (Lipinski definition) is 3. The summed E-state index contributed by atoms with van der Waals surface area (Å²) in [5.41, 5.74) is 3.99. The quantitative estimate of drug-likeness (QED) is 0.867. The number of hydrogen-bond donors (Lipinski definition) is 1. The lowest BCUT2D eigenvalue weighted by Gasteiger charge is -2.11. The zero-order valence-electron chi connectivity index (χ0n) is 11.4. The van der Waals surface area contributed by atoms with E-state index in [1.807, 2.05) is 0 Å². The molecule has 4 nitrogen and oxygen atoms in total. The zero-order valence-corrected chi connectivity index (χ0v) is 11.4. The van der Waals surface area contributed by atoms with Gasteiger partial charge in [0.1, 0.15) is 5.75 Å². The molecule has 0 aliphatic heterocycles. The Labute approximate surface area is 121 Å². The predicted molar refractivity (Wildman–Crippen MR) is 73.4 cm³/mol. The molecule has 2 saturated carbocycles. The minimum absolute atomic E-state index is 0.0287. The van der Waals surface area contributed by atoms with Gasteiger partial charge in [0.15, 0.2) is 0 Å². The Bertz CT molecular complexity index is 557. The highest BCUT2D eigenvalue weighted by Gasteiger charge is 2.36. The zero-order chi connectivity index (χ0) is 14.8. The molecule has 2 aliphatic carbocycles. The highest BCUT2D eigenvalue weighted by atomic mass is 19.3. The molecule has 1 aromatic rings. The van der Waals surface area contributed by atoms with Crippen molar-refractivity contribution >= 4 is 11.6 Å². The van der Waals surface area contributed by atoms with E-state index in [2.05, 4.69) is 15.3 Å². The van der Waals surface area contributed by atoms with Crippen molar-refractivity contribution in [3.63, 3.8) is 0 Å². The Kier molecular flexibility index (Phi) is 3.86. The van der Waals surface area contributed by atoms with Crippen LogP contribution in [0, 0.1) is 11.8 Å². The molecule has 0 radical (unpaired) electrons. The van der Waals surface area contributed by atoms with Crippen molar-refractivity contribution in [3.8, 4) is 5.75 Å². The normalized spacial score (nSPS) is 25.6. The van der Waals surface area contributed by atoms with Gasteiger partial charge >= 0.3 is 6.61 Å². The average molecular weight is 294 g/mol. The van der Waals surface area contributed by atoms with Crippen LogP contribution in [0.4, 0.5) is 8.78 Å². The Morgan fingerprint density at radius 2 is 2.05 bits per heavy atom. The highest BCUT2D eigenvalue weighted by Crippen LogP contribution is 2.42. The summed E-state index contributed by atoms with van der Waals surface area (Å²) in [5.74, 6) is 0.948. The topological polar surface area (TPSA) is 50.7 Å². The average Bonchev–Trinajstić information content (AvgIpc) is 3.07. The maximum Gasteiger partial charge on any atom is 0.387 e. The van der Waals surface area contributed by atoms with E-state index < -0.39 is 6.61 Å². The fraction of sp³-hybridized carbons (Fsp3) is 0.467. The minimum atomic E-state index is -2.87. The van der Waals surface area contributed by atoms with Crippen LogP contribution in [0.15, 0.2) is 29.4 Å². The van der Waals surface area contributed by atoms with Gasteiger partial charge in [-0.1, -0.05) is 0 Å². The monoisotopic (exact) mass is 294 g/mol. The van der Waals surface area contributed by atoms with Gasteiger partial charge in [-0.05, 0) is 61.8 Å². The third kappa shape index (κ3) is 3.20. The molecular formula is C15H16F2N2O2. The summed E-state index contributed by atoms with van der Waals surface area (Å²) in [5, 5.41) is 4.22. The molecule has 2 bridgehead atoms. The van der Waals surface area contributed by atoms with E-state index in [-0.39, 0.29) is 11.7 Å². The van der Waals surface area contributed by atoms with Crippen molar-refractivity contribution in [1.29, 1.82) is 0 Å². The number of rotatable bonds is 4. The van der Waals surface area contributed by atoms with Gasteiger partial charge in [0.25, 0.3) is 5.91 Å². The number of fused-ring (bicyclic) bond motifs is 2. The number of benzene rings is 1. The van der Waals surface area contributed by atoms with Gasteiger partial charge in [-0.2, -0.15) is 13.9 Å². The number of ether oxygens (including phenoxy) is 1. The standard InChI is InChI=1S/C15H16F2N2O2/c16-15(17)21-12-5-3-10(4-6-12)14(20)19-18-13-8-9-1-2-11(13)7-9/h3-6,9,11,15H,1-2,7-8H2,(H,19,20)/b18-13-. The first kappa shape index (κ1) is 14.0. The van der Waals surface area contributed by atoms with E-state index >= 15 is 0 Å². The van der Waals surface area contributed by atoms with Gasteiger partial charge in [-0.15, -0.1) is 0 Å². The van der Waals surface area contributed by atoms with E-state index in [1.165, 1.54) is 43.5 Å². The Balaban J connectivity index is 1.59. The van der Waals surface area contributed by atoms with Crippen LogP contribution in [0.3, 0.4) is 0 Å². The maximum absolute atomic E-state index is 12.0. The number of nitrogens with one attached hydrogen (secondary N) is 1. The van der Waals surface area contributed by atoms with Crippen molar-refractivity contribution < 1.29 is 18.3 Å². The fourth-order valence-electron chi connectivity index (χ4n) is 3.14. The van der Waals surface area contributed by atoms with Crippen LogP contribution in [-0.4, -0.2) is 18.2 Å². The van der Waals surface area contributed by atoms with Crippen molar-refractivity contribution in [2.75, 3.05) is 0 Å². The molecular weight excluding hydrogens is 278 g/mol. The lowest BCUT2D eigenvalue weighted by atomic mass is 9.99. The first-order valence-electron chi connectivity index (χ1n) is 7.03. The van der Waals surface area contributed by atoms with Gasteiger partial charge in [0.05, 0.1) is 0 Å². The number of alkyl halides is 2. The van der Waals surface area contributed by atoms with Crippen LogP contribution in [-0.2, 0) is 0 Å². The highest BCUT2D eigenvalue weighted by molar-refractivity contribution is 5.96. The molecule has 3 rings (SSSR count). The molecule has 2 unspecified atom stereocenters. The molecule has 21 heavy (non-hydrogen) atoms. The van der Waals surface area contributed by atoms with E-state index in [9.17, 15) is 13.6 Å². The Hall–Kier alpha value is -1.98. The summed E-state index contributed by atoms with van der Waals surface area (Å²) in [6.07, 6.45) is 4.60. The van der Waals surface area contributed by atoms with E-state index in [1.54, 1.807) is 0 Å². The van der Waals surface area contributed by atoms with E-state index in [4.69, 9.17) is 0 Å². The van der Waals surface area contributed by atoms with Crippen molar-refractivity contribution in [2.24, 2.45) is 16.9 Å². The van der Waals surface area contributed by atoms with E-state index in [0.717, 1.165) is 18.1 Å². The number of carbonyl (C=O) groups is 1. The first-order chi connectivity index (χ1) is 10.1. The lowest BCUT2D eigenvalue weighted by molar-refractivity contribution is -0.0498. The second-order valence-electron chi connectivity index (χ2n) is 5.53. The number of carbonyl (C=O) groups excluding carboxylic acids is 1. The molecule has 112 valence electrons. The number of hydrazone groups is 1. The van der Waals surface area contributed by atoms with Crippen LogP contribution in [0.25, 0.3) is 0 Å². The Morgan fingerprint density at radius 1 is 1.29 bits per heavy atom. The van der Waals surface area contributed by atoms with Gasteiger partial charge in [0.2, 0.25) is 0 Å². The molecule has 2 atom stereocenters. The molecule has 6 heteroatoms. The van der Waals surface area contributed by atoms with Gasteiger partial charge in [0, 0.05) is 11.3 Å². The summed E-state index contributed by atoms with van der Waals surface area (Å²) >= 11 is 0. The number of nitrogens with zero attached hydrogens (tertiary/aromatic N) is 1. The maximum atomic E-state index is 12.0. The van der Waals surface area contributed by atoms with Crippen molar-refractivity contribution in [2.45, 2.75) is 32.3 Å². The van der Waals surface area contributed by atoms with Gasteiger partial charge in [-0.3, -0.25) is 4.79 Å². The molecule has 1 N–H and O–H groups in total. The predicted octanol–water partition coefficient (Wildman–Crippen LogP) is 3.19. The molecule has 1 amide bonds. The second kappa shape index (κ2) is 5.79. The minimum Gasteiger partial charge on any atom is -0.435 e. The number of amides is 1. The molecule has 2 aliphatic rings. The lowest BCUT2D eigenvalue weighted by Crippen LogP contribution is -2.21. The summed E-state index contributed by atoms with van der Waals surface area (Å²) in [6, 6.07) is 5.56. The summed E-state index contributed by atoms with van der Waals surface area (Å²) in [7, 11) is 0. The molecule has 1 aromatic carbocycles. The first-order valence-corrected chi connectivity index (χ1v) is 7.03. The van der Waals surface area contributed by atoms with Gasteiger partial charge < -0.3 is 4.74 Å².